The molecule has 0 aliphatic heterocycles. The molecular weight excluding hydrogens is 412 g/mol. The maximum atomic E-state index is 12.9. The summed E-state index contributed by atoms with van der Waals surface area (Å²) in [7, 11) is -2.71. The van der Waals surface area contributed by atoms with Gasteiger partial charge in [0.25, 0.3) is 0 Å². The number of methoxy groups -OCH3 is 1. The number of sulfone groups is 1. The van der Waals surface area contributed by atoms with Crippen molar-refractivity contribution in [2.45, 2.75) is 23.6 Å². The molecule has 0 saturated heterocycles. The summed E-state index contributed by atoms with van der Waals surface area (Å²) in [6.07, 6.45) is -0.883. The molecule has 0 radical (unpaired) electrons. The zero-order chi connectivity index (χ0) is 22.3. The molecular formula is C19H20N4O6S. The summed E-state index contributed by atoms with van der Waals surface area (Å²) in [5.74, 6) is -1.34. The van der Waals surface area contributed by atoms with Gasteiger partial charge in [0, 0.05) is 13.8 Å². The Morgan fingerprint density at radius 2 is 1.57 bits per heavy atom. The standard InChI is InChI=1S/C19H20N4O6S/c1-12(24)20-17-11-15(30(27,28)14-7-5-4-6-8-14)9-10-16(17)22-18(21-13(2)25)23-19(26)29-3/h4-11H,1-3H3,(H,20,24)(H2,21,22,23,25,26). The van der Waals surface area contributed by atoms with Gasteiger partial charge in [0.1, 0.15) is 0 Å². The number of nitrogens with one attached hydrogen (secondary N) is 3. The second-order valence-corrected chi connectivity index (χ2v) is 7.88. The molecule has 3 amide bonds. The lowest BCUT2D eigenvalue weighted by Crippen LogP contribution is -2.36. The van der Waals surface area contributed by atoms with Crippen LogP contribution in [0, 0.1) is 0 Å². The number of benzene rings is 2. The normalized spacial score (nSPS) is 11.4. The van der Waals surface area contributed by atoms with Crippen molar-refractivity contribution in [2.24, 2.45) is 4.99 Å². The highest BCUT2D eigenvalue weighted by molar-refractivity contribution is 7.91. The van der Waals surface area contributed by atoms with Gasteiger partial charge >= 0.3 is 6.09 Å². The Morgan fingerprint density at radius 3 is 2.13 bits per heavy atom. The summed E-state index contributed by atoms with van der Waals surface area (Å²) in [5, 5.41) is 7.41. The predicted octanol–water partition coefficient (Wildman–Crippen LogP) is 2.15. The van der Waals surface area contributed by atoms with Gasteiger partial charge in [0.2, 0.25) is 27.6 Å². The number of nitrogens with zero attached hydrogens (tertiary/aromatic N) is 1. The van der Waals surface area contributed by atoms with E-state index in [0.717, 1.165) is 7.11 Å². The fraction of sp³-hybridized carbons (Fsp3) is 0.158. The Labute approximate surface area is 173 Å². The molecule has 0 unspecified atom stereocenters. The van der Waals surface area contributed by atoms with Crippen molar-refractivity contribution in [2.75, 3.05) is 17.7 Å². The SMILES string of the molecule is COC(=O)N/C(=N/C(C)=O)Nc1ccc(S(=O)(=O)c2ccccc2)cc1NC(C)=O. The van der Waals surface area contributed by atoms with E-state index >= 15 is 0 Å². The summed E-state index contributed by atoms with van der Waals surface area (Å²) in [6.45, 7) is 2.42. The third-order valence-corrected chi connectivity index (χ3v) is 5.36. The van der Waals surface area contributed by atoms with E-state index < -0.39 is 27.7 Å². The molecule has 0 spiro atoms. The van der Waals surface area contributed by atoms with Gasteiger partial charge < -0.3 is 15.4 Å². The molecule has 10 nitrogen and oxygen atoms in total. The van der Waals surface area contributed by atoms with E-state index in [9.17, 15) is 22.8 Å². The summed E-state index contributed by atoms with van der Waals surface area (Å²) in [6, 6.07) is 11.7. The van der Waals surface area contributed by atoms with Crippen LogP contribution in [0.3, 0.4) is 0 Å². The number of anilines is 2. The number of aliphatic imine (C=N–C) groups is 1. The summed E-state index contributed by atoms with van der Waals surface area (Å²) in [5.41, 5.74) is 0.288. The van der Waals surface area contributed by atoms with Crippen molar-refractivity contribution in [3.63, 3.8) is 0 Å². The van der Waals surface area contributed by atoms with Crippen molar-refractivity contribution in [3.8, 4) is 0 Å². The molecule has 0 aliphatic rings. The largest absolute Gasteiger partial charge is 0.453 e. The van der Waals surface area contributed by atoms with Crippen LogP contribution in [0.1, 0.15) is 13.8 Å². The minimum atomic E-state index is -3.84. The molecule has 0 aromatic heterocycles. The molecule has 11 heteroatoms. The minimum absolute atomic E-state index is 0.0611. The quantitative estimate of drug-likeness (QED) is 0.496. The summed E-state index contributed by atoms with van der Waals surface area (Å²) in [4.78, 5) is 38.1. The maximum Gasteiger partial charge on any atom is 0.413 e. The van der Waals surface area contributed by atoms with Crippen LogP contribution in [0.5, 0.6) is 0 Å². The van der Waals surface area contributed by atoms with Gasteiger partial charge in [-0.25, -0.2) is 13.2 Å². The molecule has 2 aromatic carbocycles. The lowest BCUT2D eigenvalue weighted by Gasteiger charge is -2.15. The molecule has 0 fully saturated rings. The van der Waals surface area contributed by atoms with E-state index in [1.54, 1.807) is 18.2 Å². The van der Waals surface area contributed by atoms with Crippen LogP contribution in [-0.4, -0.2) is 39.4 Å². The van der Waals surface area contributed by atoms with Gasteiger partial charge in [-0.3, -0.25) is 14.9 Å². The van der Waals surface area contributed by atoms with Crippen molar-refractivity contribution < 1.29 is 27.5 Å². The zero-order valence-corrected chi connectivity index (χ0v) is 17.2. The molecule has 0 heterocycles. The van der Waals surface area contributed by atoms with Gasteiger partial charge in [-0.15, -0.1) is 0 Å². The molecule has 2 rings (SSSR count). The molecule has 2 aromatic rings. The first kappa shape index (κ1) is 22.6. The van der Waals surface area contributed by atoms with Crippen LogP contribution in [0.2, 0.25) is 0 Å². The Hall–Kier alpha value is -3.73. The second-order valence-electron chi connectivity index (χ2n) is 5.93. The van der Waals surface area contributed by atoms with Gasteiger partial charge in [0.15, 0.2) is 0 Å². The van der Waals surface area contributed by atoms with Crippen molar-refractivity contribution >= 4 is 45.1 Å². The molecule has 0 bridgehead atoms. The Morgan fingerprint density at radius 1 is 0.900 bits per heavy atom. The number of ether oxygens (including phenoxy) is 1. The number of hydrogen-bond donors (Lipinski definition) is 3. The minimum Gasteiger partial charge on any atom is -0.453 e. The third kappa shape index (κ3) is 5.88. The number of carbonyl (C=O) groups is 3. The first-order valence-electron chi connectivity index (χ1n) is 8.56. The first-order valence-corrected chi connectivity index (χ1v) is 10.0. The smallest absolute Gasteiger partial charge is 0.413 e. The molecule has 30 heavy (non-hydrogen) atoms. The van der Waals surface area contributed by atoms with Crippen LogP contribution in [0.4, 0.5) is 16.2 Å². The first-order chi connectivity index (χ1) is 14.1. The number of amides is 3. The lowest BCUT2D eigenvalue weighted by atomic mass is 10.2. The number of hydrogen-bond acceptors (Lipinski definition) is 6. The third-order valence-electron chi connectivity index (χ3n) is 3.59. The number of alkyl carbamates (subject to hydrolysis) is 1. The number of guanidine groups is 1. The van der Waals surface area contributed by atoms with Gasteiger partial charge in [0.05, 0.1) is 28.3 Å². The molecule has 0 atom stereocenters. The van der Waals surface area contributed by atoms with Crippen LogP contribution < -0.4 is 16.0 Å². The van der Waals surface area contributed by atoms with E-state index in [4.69, 9.17) is 0 Å². The van der Waals surface area contributed by atoms with Gasteiger partial charge in [-0.1, -0.05) is 18.2 Å². The number of carbonyl (C=O) groups excluding carboxylic acids is 3. The van der Waals surface area contributed by atoms with E-state index in [2.05, 4.69) is 25.7 Å². The average Bonchev–Trinajstić information content (AvgIpc) is 2.68. The Balaban J connectivity index is 2.49. The maximum absolute atomic E-state index is 12.9. The highest BCUT2D eigenvalue weighted by atomic mass is 32.2. The Bertz CT molecular complexity index is 1100. The van der Waals surface area contributed by atoms with E-state index in [0.29, 0.717) is 0 Å². The second kappa shape index (κ2) is 9.65. The van der Waals surface area contributed by atoms with Gasteiger partial charge in [-0.05, 0) is 30.3 Å². The highest BCUT2D eigenvalue weighted by Crippen LogP contribution is 2.29. The van der Waals surface area contributed by atoms with Crippen molar-refractivity contribution in [1.29, 1.82) is 0 Å². The summed E-state index contributed by atoms with van der Waals surface area (Å²) >= 11 is 0. The van der Waals surface area contributed by atoms with Crippen molar-refractivity contribution in [1.82, 2.24) is 5.32 Å². The van der Waals surface area contributed by atoms with Gasteiger partial charge in [-0.2, -0.15) is 4.99 Å². The molecule has 3 N–H and O–H groups in total. The van der Waals surface area contributed by atoms with E-state index in [1.165, 1.54) is 44.2 Å². The molecule has 0 saturated carbocycles. The topological polar surface area (TPSA) is 143 Å². The lowest BCUT2D eigenvalue weighted by molar-refractivity contribution is -0.116. The highest BCUT2D eigenvalue weighted by Gasteiger charge is 2.20. The molecule has 158 valence electrons. The predicted molar refractivity (Wildman–Crippen MR) is 110 cm³/mol. The van der Waals surface area contributed by atoms with Crippen LogP contribution in [0.15, 0.2) is 63.3 Å². The summed E-state index contributed by atoms with van der Waals surface area (Å²) < 4.78 is 30.2. The molecule has 0 aliphatic carbocycles. The van der Waals surface area contributed by atoms with Crippen LogP contribution in [0.25, 0.3) is 0 Å². The average molecular weight is 432 g/mol. The van der Waals surface area contributed by atoms with Crippen LogP contribution >= 0.6 is 0 Å². The number of rotatable bonds is 4. The van der Waals surface area contributed by atoms with Crippen LogP contribution in [-0.2, 0) is 24.2 Å². The fourth-order valence-electron chi connectivity index (χ4n) is 2.35. The van der Waals surface area contributed by atoms with E-state index in [1.807, 2.05) is 0 Å². The van der Waals surface area contributed by atoms with Crippen molar-refractivity contribution in [3.05, 3.63) is 48.5 Å². The fourth-order valence-corrected chi connectivity index (χ4v) is 3.66. The monoisotopic (exact) mass is 432 g/mol. The Kier molecular flexibility index (Phi) is 7.26. The van der Waals surface area contributed by atoms with E-state index in [-0.39, 0.29) is 27.1 Å². The zero-order valence-electron chi connectivity index (χ0n) is 16.4.